The summed E-state index contributed by atoms with van der Waals surface area (Å²) in [6, 6.07) is 0.0969. The van der Waals surface area contributed by atoms with Crippen LogP contribution in [0, 0.1) is 5.92 Å². The number of nitrogens with zero attached hydrogens (tertiary/aromatic N) is 1. The van der Waals surface area contributed by atoms with Crippen LogP contribution in [-0.4, -0.2) is 55.9 Å². The Labute approximate surface area is 86.1 Å². The van der Waals surface area contributed by atoms with E-state index in [1.54, 1.807) is 0 Å². The van der Waals surface area contributed by atoms with Crippen molar-refractivity contribution in [1.82, 2.24) is 10.2 Å². The molecular formula is C9H17BN2O2. The van der Waals surface area contributed by atoms with E-state index in [0.717, 1.165) is 26.1 Å². The third-order valence-electron chi connectivity index (χ3n) is 2.79. The molecule has 0 bridgehead atoms. The van der Waals surface area contributed by atoms with Crippen molar-refractivity contribution in [2.75, 3.05) is 26.2 Å². The maximum Gasteiger partial charge on any atom is 0.200 e. The van der Waals surface area contributed by atoms with Crippen LogP contribution in [-0.2, 0) is 0 Å². The minimum absolute atomic E-state index is 0.0969. The average Bonchev–Trinajstić information content (AvgIpc) is 2.48. The Morgan fingerprint density at radius 3 is 2.86 bits per heavy atom. The van der Waals surface area contributed by atoms with Crippen LogP contribution in [0.3, 0.4) is 0 Å². The van der Waals surface area contributed by atoms with Gasteiger partial charge < -0.3 is 15.3 Å². The Kier molecular flexibility index (Phi) is 4.42. The Balaban J connectivity index is 2.48. The van der Waals surface area contributed by atoms with Crippen LogP contribution in [0.2, 0.25) is 0 Å². The Hall–Kier alpha value is -0.545. The highest BCUT2D eigenvalue weighted by molar-refractivity contribution is 6.57. The lowest BCUT2D eigenvalue weighted by Crippen LogP contribution is -2.40. The van der Waals surface area contributed by atoms with Crippen LogP contribution in [0.1, 0.15) is 13.3 Å². The highest BCUT2D eigenvalue weighted by Gasteiger charge is 2.31. The molecule has 1 aliphatic rings. The third-order valence-corrected chi connectivity index (χ3v) is 2.79. The van der Waals surface area contributed by atoms with Gasteiger partial charge >= 0.3 is 0 Å². The van der Waals surface area contributed by atoms with E-state index in [1.807, 2.05) is 0 Å². The van der Waals surface area contributed by atoms with Crippen molar-refractivity contribution in [2.45, 2.75) is 19.4 Å². The number of aliphatic hydroxyl groups is 1. The molecule has 2 atom stereocenters. The van der Waals surface area contributed by atoms with Crippen LogP contribution in [0.15, 0.2) is 0 Å². The van der Waals surface area contributed by atoms with Gasteiger partial charge in [-0.3, -0.25) is 4.79 Å². The average molecular weight is 196 g/mol. The number of likely N-dealkylation sites (N-methyl/N-ethyl adjacent to an activating group) is 1. The van der Waals surface area contributed by atoms with Crippen molar-refractivity contribution >= 4 is 13.7 Å². The first-order valence-electron chi connectivity index (χ1n) is 5.06. The monoisotopic (exact) mass is 196 g/mol. The van der Waals surface area contributed by atoms with Gasteiger partial charge in [-0.05, 0) is 18.9 Å². The minimum Gasteiger partial charge on any atom is -0.396 e. The molecule has 1 fully saturated rings. The van der Waals surface area contributed by atoms with Crippen molar-refractivity contribution in [1.29, 1.82) is 0 Å². The molecule has 14 heavy (non-hydrogen) atoms. The maximum absolute atomic E-state index is 10.7. The lowest BCUT2D eigenvalue weighted by molar-refractivity contribution is 0.237. The second-order valence-electron chi connectivity index (χ2n) is 3.74. The Morgan fingerprint density at radius 1 is 1.64 bits per heavy atom. The number of hydrogen-bond donors (Lipinski definition) is 2. The van der Waals surface area contributed by atoms with Gasteiger partial charge in [-0.1, -0.05) is 6.92 Å². The van der Waals surface area contributed by atoms with E-state index in [4.69, 9.17) is 13.0 Å². The first kappa shape index (κ1) is 11.5. The van der Waals surface area contributed by atoms with Gasteiger partial charge in [-0.15, -0.1) is 0 Å². The molecule has 1 amide bonds. The van der Waals surface area contributed by atoms with Crippen LogP contribution in [0.5, 0.6) is 0 Å². The Morgan fingerprint density at radius 2 is 2.36 bits per heavy atom. The van der Waals surface area contributed by atoms with Gasteiger partial charge in [0.1, 0.15) is 0 Å². The van der Waals surface area contributed by atoms with Crippen LogP contribution in [0.25, 0.3) is 0 Å². The molecule has 1 heterocycles. The molecule has 2 radical (unpaired) electrons. The molecule has 1 aliphatic heterocycles. The fraction of sp³-hybridized carbons (Fsp3) is 0.889. The molecule has 78 valence electrons. The summed E-state index contributed by atoms with van der Waals surface area (Å²) in [4.78, 5) is 13.0. The van der Waals surface area contributed by atoms with Crippen molar-refractivity contribution < 1.29 is 9.90 Å². The zero-order valence-corrected chi connectivity index (χ0v) is 8.57. The van der Waals surface area contributed by atoms with E-state index in [1.165, 1.54) is 0 Å². The summed E-state index contributed by atoms with van der Waals surface area (Å²) in [5.41, 5.74) is 0. The number of carbonyl (C=O) groups is 1. The second-order valence-corrected chi connectivity index (χ2v) is 3.74. The maximum atomic E-state index is 10.7. The summed E-state index contributed by atoms with van der Waals surface area (Å²) in [6.45, 7) is 4.99. The summed E-state index contributed by atoms with van der Waals surface area (Å²) in [6.07, 6.45) is 0.724. The van der Waals surface area contributed by atoms with Crippen LogP contribution in [0.4, 0.5) is 4.79 Å². The van der Waals surface area contributed by atoms with Crippen molar-refractivity contribution in [3.63, 3.8) is 0 Å². The van der Waals surface area contributed by atoms with E-state index in [9.17, 15) is 4.79 Å². The number of hydrogen-bond acceptors (Lipinski definition) is 3. The molecule has 0 aromatic carbocycles. The fourth-order valence-electron chi connectivity index (χ4n) is 2.02. The van der Waals surface area contributed by atoms with E-state index in [2.05, 4.69) is 17.1 Å². The summed E-state index contributed by atoms with van der Waals surface area (Å²) in [5.74, 6) is -0.150. The first-order valence-corrected chi connectivity index (χ1v) is 5.06. The smallest absolute Gasteiger partial charge is 0.200 e. The summed E-state index contributed by atoms with van der Waals surface area (Å²) in [7, 11) is 5.09. The summed E-state index contributed by atoms with van der Waals surface area (Å²) in [5, 5.41) is 11.6. The van der Waals surface area contributed by atoms with E-state index in [-0.39, 0.29) is 12.6 Å². The SMILES string of the molecule is [B]C(=O)NC1CN(CC)C[C@@H]1CCO. The van der Waals surface area contributed by atoms with Gasteiger partial charge in [0, 0.05) is 25.7 Å². The molecule has 1 unspecified atom stereocenters. The predicted octanol–water partition coefficient (Wildman–Crippen LogP) is -0.433. The van der Waals surface area contributed by atoms with E-state index < -0.39 is 5.81 Å². The molecule has 5 heteroatoms. The van der Waals surface area contributed by atoms with Gasteiger partial charge in [-0.2, -0.15) is 0 Å². The summed E-state index contributed by atoms with van der Waals surface area (Å²) >= 11 is 0. The topological polar surface area (TPSA) is 52.6 Å². The molecule has 0 spiro atoms. The molecule has 4 nitrogen and oxygen atoms in total. The van der Waals surface area contributed by atoms with E-state index >= 15 is 0 Å². The number of likely N-dealkylation sites (tertiary alicyclic amines) is 1. The molecule has 0 aliphatic carbocycles. The fourth-order valence-corrected chi connectivity index (χ4v) is 2.02. The predicted molar refractivity (Wildman–Crippen MR) is 55.4 cm³/mol. The lowest BCUT2D eigenvalue weighted by atomic mass is 9.98. The molecule has 1 rings (SSSR count). The zero-order chi connectivity index (χ0) is 10.6. The highest BCUT2D eigenvalue weighted by atomic mass is 16.3. The number of rotatable bonds is 4. The van der Waals surface area contributed by atoms with Crippen molar-refractivity contribution in [2.24, 2.45) is 5.92 Å². The van der Waals surface area contributed by atoms with Crippen molar-refractivity contribution in [3.8, 4) is 0 Å². The molecule has 2 N–H and O–H groups in total. The number of aliphatic hydroxyl groups excluding tert-OH is 1. The van der Waals surface area contributed by atoms with Crippen LogP contribution < -0.4 is 5.32 Å². The molecule has 0 aromatic heterocycles. The zero-order valence-electron chi connectivity index (χ0n) is 8.57. The minimum atomic E-state index is -0.476. The molecule has 0 saturated carbocycles. The van der Waals surface area contributed by atoms with Gasteiger partial charge in [0.15, 0.2) is 5.81 Å². The largest absolute Gasteiger partial charge is 0.396 e. The van der Waals surface area contributed by atoms with Crippen LogP contribution >= 0.6 is 0 Å². The normalized spacial score (nSPS) is 27.9. The standard InChI is InChI=1S/C9H17BN2O2/c1-2-12-5-7(3-4-13)8(6-12)11-9(10)14/h7-8,13H,2-6H2,1H3,(H,11,14)/t7-,8?/m0/s1. The second kappa shape index (κ2) is 5.36. The molecule has 1 saturated heterocycles. The molecule has 0 aromatic rings. The lowest BCUT2D eigenvalue weighted by Gasteiger charge is -2.18. The van der Waals surface area contributed by atoms with E-state index in [0.29, 0.717) is 5.92 Å². The quantitative estimate of drug-likeness (QED) is 0.599. The Bertz CT molecular complexity index is 201. The van der Waals surface area contributed by atoms with Crippen molar-refractivity contribution in [3.05, 3.63) is 0 Å². The number of amides is 1. The van der Waals surface area contributed by atoms with Gasteiger partial charge in [0.05, 0.1) is 0 Å². The summed E-state index contributed by atoms with van der Waals surface area (Å²) < 4.78 is 0. The number of nitrogens with one attached hydrogen (secondary N) is 1. The molecular weight excluding hydrogens is 179 g/mol. The first-order chi connectivity index (χ1) is 6.67. The highest BCUT2D eigenvalue weighted by Crippen LogP contribution is 2.19. The van der Waals surface area contributed by atoms with Gasteiger partial charge in [0.2, 0.25) is 7.85 Å². The number of carbonyl (C=O) groups excluding carboxylic acids is 1. The van der Waals surface area contributed by atoms with Gasteiger partial charge in [-0.25, -0.2) is 0 Å². The van der Waals surface area contributed by atoms with Gasteiger partial charge in [0.25, 0.3) is 0 Å². The third kappa shape index (κ3) is 2.99.